The number of aliphatic hydroxyl groups excluding tert-OH is 1. The lowest BCUT2D eigenvalue weighted by atomic mass is 9.89. The van der Waals surface area contributed by atoms with Crippen molar-refractivity contribution in [2.45, 2.75) is 67.4 Å². The number of hydrogen-bond acceptors (Lipinski definition) is 12. The van der Waals surface area contributed by atoms with E-state index in [1.807, 2.05) is 6.07 Å². The Morgan fingerprint density at radius 1 is 1.00 bits per heavy atom. The quantitative estimate of drug-likeness (QED) is 0.203. The van der Waals surface area contributed by atoms with Crippen LogP contribution >= 0.6 is 0 Å². The van der Waals surface area contributed by atoms with Crippen LogP contribution in [0.25, 0.3) is 0 Å². The molecule has 3 aromatic carbocycles. The zero-order valence-corrected chi connectivity index (χ0v) is 32.0. The Balaban J connectivity index is 1.28. The number of aliphatic hydroxyl groups is 1. The highest BCUT2D eigenvalue weighted by Gasteiger charge is 2.47. The largest absolute Gasteiger partial charge is 0.530 e. The minimum absolute atomic E-state index is 0.0246. The van der Waals surface area contributed by atoms with Gasteiger partial charge in [-0.05, 0) is 66.6 Å². The van der Waals surface area contributed by atoms with Crippen LogP contribution in [-0.2, 0) is 35.9 Å². The van der Waals surface area contributed by atoms with Gasteiger partial charge in [0.05, 0.1) is 48.3 Å². The molecule has 2 fully saturated rings. The van der Waals surface area contributed by atoms with Gasteiger partial charge in [-0.1, -0.05) is 44.2 Å². The highest BCUT2D eigenvalue weighted by molar-refractivity contribution is 7.89. The fourth-order valence-corrected chi connectivity index (χ4v) is 9.90. The zero-order chi connectivity index (χ0) is 38.7. The highest BCUT2D eigenvalue weighted by Crippen LogP contribution is 2.38. The fraction of sp³-hybridized carbons (Fsp3) is 0.486. The zero-order valence-electron chi connectivity index (χ0n) is 30.3. The lowest BCUT2D eigenvalue weighted by Crippen LogP contribution is -2.61. The Kier molecular flexibility index (Phi) is 12.1. The van der Waals surface area contributed by atoms with E-state index in [0.29, 0.717) is 24.5 Å². The average molecular weight is 789 g/mol. The van der Waals surface area contributed by atoms with Crippen LogP contribution in [-0.4, -0.2) is 108 Å². The molecule has 54 heavy (non-hydrogen) atoms. The minimum Gasteiger partial charge on any atom is -0.530 e. The normalized spacial score (nSPS) is 20.8. The van der Waals surface area contributed by atoms with Crippen LogP contribution < -0.4 is 24.0 Å². The van der Waals surface area contributed by atoms with E-state index in [2.05, 4.69) is 4.72 Å². The van der Waals surface area contributed by atoms with E-state index in [4.69, 9.17) is 23.7 Å². The van der Waals surface area contributed by atoms with Gasteiger partial charge in [0.15, 0.2) is 17.8 Å². The van der Waals surface area contributed by atoms with Crippen molar-refractivity contribution in [2.24, 2.45) is 11.3 Å². The second-order valence-corrected chi connectivity index (χ2v) is 18.1. The molecule has 294 valence electrons. The molecule has 0 saturated carbocycles. The second-order valence-electron chi connectivity index (χ2n) is 14.4. The Morgan fingerprint density at radius 2 is 1.70 bits per heavy atom. The van der Waals surface area contributed by atoms with E-state index < -0.39 is 62.6 Å². The molecular weight excluding hydrogens is 743 g/mol. The molecule has 5 atom stereocenters. The smallest absolute Gasteiger partial charge is 0.243 e. The molecule has 1 amide bonds. The van der Waals surface area contributed by atoms with E-state index in [1.165, 1.54) is 49.6 Å². The van der Waals surface area contributed by atoms with Gasteiger partial charge in [-0.3, -0.25) is 0 Å². The molecule has 0 aromatic heterocycles. The first-order valence-electron chi connectivity index (χ1n) is 17.7. The van der Waals surface area contributed by atoms with Gasteiger partial charge in [-0.15, -0.1) is 0 Å². The van der Waals surface area contributed by atoms with E-state index >= 15 is 0 Å². The summed E-state index contributed by atoms with van der Waals surface area (Å²) in [5, 5.41) is 25.1. The minimum atomic E-state index is -4.38. The molecule has 3 aromatic rings. The highest BCUT2D eigenvalue weighted by atomic mass is 32.2. The van der Waals surface area contributed by atoms with Gasteiger partial charge in [-0.2, -0.15) is 4.31 Å². The number of methoxy groups -OCH3 is 1. The molecule has 3 aliphatic heterocycles. The topological polar surface area (TPSA) is 193 Å². The summed E-state index contributed by atoms with van der Waals surface area (Å²) in [5.41, 5.74) is -0.136. The summed E-state index contributed by atoms with van der Waals surface area (Å²) >= 11 is 0. The third kappa shape index (κ3) is 8.94. The van der Waals surface area contributed by atoms with E-state index in [-0.39, 0.29) is 60.8 Å². The number of carbonyl (C=O) groups excluding carboxylic acids is 1. The van der Waals surface area contributed by atoms with Crippen molar-refractivity contribution in [3.8, 4) is 17.2 Å². The number of carboxylic acid groups (broad SMARTS) is 1. The first-order valence-corrected chi connectivity index (χ1v) is 20.6. The summed E-state index contributed by atoms with van der Waals surface area (Å²) in [6.07, 6.45) is -2.85. The maximum absolute atomic E-state index is 14.5. The molecule has 0 radical (unpaired) electrons. The molecule has 0 bridgehead atoms. The number of fused-ring (bicyclic) bond motifs is 2. The molecule has 2 saturated heterocycles. The van der Waals surface area contributed by atoms with E-state index in [0.717, 1.165) is 14.8 Å². The van der Waals surface area contributed by atoms with Gasteiger partial charge in [0.25, 0.3) is 0 Å². The van der Waals surface area contributed by atoms with Crippen LogP contribution in [0.3, 0.4) is 0 Å². The summed E-state index contributed by atoms with van der Waals surface area (Å²) in [7, 11) is -6.80. The van der Waals surface area contributed by atoms with Crippen molar-refractivity contribution in [2.75, 3.05) is 46.8 Å². The monoisotopic (exact) mass is 788 g/mol. The van der Waals surface area contributed by atoms with Crippen LogP contribution in [0, 0.1) is 11.3 Å². The summed E-state index contributed by atoms with van der Waals surface area (Å²) in [6, 6.07) is 17.3. The summed E-state index contributed by atoms with van der Waals surface area (Å²) in [4.78, 5) is 14.0. The summed E-state index contributed by atoms with van der Waals surface area (Å²) in [6.45, 7) is 3.23. The number of hydrogen-bond donors (Lipinski definition) is 2. The molecular formula is C37H46N3O12S2-. The third-order valence-corrected chi connectivity index (χ3v) is 13.4. The van der Waals surface area contributed by atoms with Crippen LogP contribution in [0.4, 0.5) is 4.79 Å². The fourth-order valence-electron chi connectivity index (χ4n) is 7.20. The van der Waals surface area contributed by atoms with E-state index in [1.54, 1.807) is 38.1 Å². The van der Waals surface area contributed by atoms with Gasteiger partial charge in [0.1, 0.15) is 11.8 Å². The van der Waals surface area contributed by atoms with Crippen molar-refractivity contribution in [3.05, 3.63) is 78.4 Å². The first kappa shape index (κ1) is 39.7. The lowest BCUT2D eigenvalue weighted by molar-refractivity contribution is -0.273. The molecule has 15 nitrogen and oxygen atoms in total. The van der Waals surface area contributed by atoms with Crippen LogP contribution in [0.1, 0.15) is 32.3 Å². The Morgan fingerprint density at radius 3 is 2.41 bits per heavy atom. The van der Waals surface area contributed by atoms with Gasteiger partial charge in [-0.25, -0.2) is 21.6 Å². The molecule has 2 N–H and O–H groups in total. The number of nitrogens with zero attached hydrogens (tertiary/aromatic N) is 2. The number of benzene rings is 3. The summed E-state index contributed by atoms with van der Waals surface area (Å²) in [5.74, 6) is 0.833. The maximum Gasteiger partial charge on any atom is 0.243 e. The van der Waals surface area contributed by atoms with Crippen LogP contribution in [0.2, 0.25) is 0 Å². The number of amides is 1. The van der Waals surface area contributed by atoms with Crippen molar-refractivity contribution < 1.29 is 55.5 Å². The van der Waals surface area contributed by atoms with Crippen LogP contribution in [0.5, 0.6) is 17.2 Å². The Bertz CT molecular complexity index is 1980. The molecule has 17 heteroatoms. The number of carbonyl (C=O) groups is 1. The van der Waals surface area contributed by atoms with Crippen LogP contribution in [0.15, 0.2) is 82.6 Å². The standard InChI is InChI=1S/C37H47N3O12S2/c1-37(2,16-17-38-53(44,45)27-11-9-26(48-3)10-12-27)23-39(54(46,47)28-13-14-33-34(20-28)52-24-51-33)21-32(41)30(19-25-7-5-4-6-8-25)40(36(42)43)31-22-50-35-29(31)15-18-49-35/h4-14,20,29-32,35,38,41H,15-19,21-24H2,1-3H3,(H,42,43)/p-1/t29-,30-,31-,32+,35+/m0/s1. The number of ether oxygens (including phenoxy) is 5. The van der Waals surface area contributed by atoms with E-state index in [9.17, 15) is 31.8 Å². The molecule has 3 aliphatic rings. The number of rotatable bonds is 17. The summed E-state index contributed by atoms with van der Waals surface area (Å²) < 4.78 is 86.2. The first-order chi connectivity index (χ1) is 25.7. The van der Waals surface area contributed by atoms with Crippen molar-refractivity contribution in [1.29, 1.82) is 0 Å². The van der Waals surface area contributed by atoms with Crippen molar-refractivity contribution >= 4 is 26.1 Å². The SMILES string of the molecule is COc1ccc(S(=O)(=O)NCCC(C)(C)CN(C[C@@H](O)[C@H](Cc2ccccc2)N(C(=O)[O-])[C@H]2CO[C@H]3OCC[C@H]32)S(=O)(=O)c2ccc3c(c2)OCO3)cc1. The second kappa shape index (κ2) is 16.4. The third-order valence-electron chi connectivity index (χ3n) is 10.1. The Hall–Kier alpha value is -3.97. The van der Waals surface area contributed by atoms with Gasteiger partial charge in [0, 0.05) is 31.6 Å². The predicted octanol–water partition coefficient (Wildman–Crippen LogP) is 2.19. The molecule has 6 rings (SSSR count). The van der Waals surface area contributed by atoms with Gasteiger partial charge >= 0.3 is 0 Å². The van der Waals surface area contributed by atoms with Crippen molar-refractivity contribution in [3.63, 3.8) is 0 Å². The number of nitrogens with one attached hydrogen (secondary N) is 1. The Labute approximate surface area is 315 Å². The maximum atomic E-state index is 14.5. The predicted molar refractivity (Wildman–Crippen MR) is 193 cm³/mol. The van der Waals surface area contributed by atoms with Crippen molar-refractivity contribution in [1.82, 2.24) is 13.9 Å². The van der Waals surface area contributed by atoms with Gasteiger partial charge < -0.3 is 43.6 Å². The lowest BCUT2D eigenvalue weighted by Gasteiger charge is -2.43. The van der Waals surface area contributed by atoms with Gasteiger partial charge in [0.2, 0.25) is 26.8 Å². The molecule has 0 unspecified atom stereocenters. The molecule has 0 spiro atoms. The molecule has 0 aliphatic carbocycles. The average Bonchev–Trinajstić information content (AvgIpc) is 3.90. The molecule has 3 heterocycles. The number of sulfonamides is 2.